The van der Waals surface area contributed by atoms with Gasteiger partial charge in [-0.05, 0) is 271 Å². The molecule has 28 N–H and O–H groups in total. The molecule has 792 valence electrons. The van der Waals surface area contributed by atoms with Gasteiger partial charge in [0.05, 0.1) is 306 Å². The number of carbonyl (C=O) groups excluding carboxylic acids is 12. The minimum absolute atomic E-state index is 0.0168. The van der Waals surface area contributed by atoms with Crippen molar-refractivity contribution in [3.8, 4) is 0 Å². The normalized spacial score (nSPS) is 14.5. The van der Waals surface area contributed by atoms with Crippen LogP contribution in [0.1, 0.15) is 111 Å². The number of aliphatic hydroxyl groups excluding tert-OH is 20. The summed E-state index contributed by atoms with van der Waals surface area (Å²) in [6, 6.07) is 0. The second kappa shape index (κ2) is 65.0. The number of ether oxygens (including phenoxy) is 4. The van der Waals surface area contributed by atoms with Crippen molar-refractivity contribution in [1.82, 2.24) is 42.5 Å². The second-order valence-corrected chi connectivity index (χ2v) is 44.2. The number of benzene rings is 4. The topological polar surface area (TPSA) is 756 Å². The van der Waals surface area contributed by atoms with E-state index < -0.39 is 334 Å². The maximum absolute atomic E-state index is 14.2. The Morgan fingerprint density at radius 2 is 0.348 bits per heavy atom. The lowest BCUT2D eigenvalue weighted by atomic mass is 9.92. The van der Waals surface area contributed by atoms with E-state index in [-0.39, 0.29) is 110 Å². The van der Waals surface area contributed by atoms with E-state index in [1.807, 2.05) is 0 Å². The van der Waals surface area contributed by atoms with Gasteiger partial charge in [-0.2, -0.15) is 0 Å². The van der Waals surface area contributed by atoms with Crippen LogP contribution in [0.25, 0.3) is 0 Å². The molecule has 0 fully saturated rings. The van der Waals surface area contributed by atoms with E-state index in [1.54, 1.807) is 271 Å². The average Bonchev–Trinajstić information content (AvgIpc) is 0.768. The lowest BCUT2D eigenvalue weighted by molar-refractivity contribution is -0.131. The molecule has 48 nitrogen and oxygen atoms in total. The SMILES string of the molecule is CC(=O)N(CC(O)COCC(COCC(O)CN(C(C)=O)c1c(I)c(C(=O)NCC(O)CO)c(I)c(C(=O)NCC(O)CO)c1I)(COCC(O)CN(C(C)=O)c1c(I)c(C(=O)NCC(O)CO)c(I)c(C(=O)NCC(O)CO)c1I)COCC(O)CN(C(C)=O)c1c(I)c(C(=O)NCC(O)CO)c(I)c(C(=O)NCC(O)CO)c1I)c1c(I)c(C(=O)NCC(O)CO)c(I)c(C(=O)NCC(O)CO)c1I. The molecule has 4 rings (SSSR count). The lowest BCUT2D eigenvalue weighted by Gasteiger charge is -2.35. The number of hydrogen-bond acceptors (Lipinski definition) is 36. The number of nitrogens with zero attached hydrogens (tertiary/aromatic N) is 4. The van der Waals surface area contributed by atoms with Crippen LogP contribution < -0.4 is 62.1 Å². The summed E-state index contributed by atoms with van der Waals surface area (Å²) >= 11 is 20.6. The summed E-state index contributed by atoms with van der Waals surface area (Å²) in [4.78, 5) is 175. The highest BCUT2D eigenvalue weighted by Crippen LogP contribution is 2.44. The molecule has 12 amide bonds. The molecule has 12 atom stereocenters. The molecule has 12 unspecified atom stereocenters. The highest BCUT2D eigenvalue weighted by Gasteiger charge is 2.41. The second-order valence-electron chi connectivity index (χ2n) is 31.2. The fourth-order valence-corrected chi connectivity index (χ4v) is 31.4. The molecule has 60 heteroatoms. The monoisotopic (exact) mass is 3350 g/mol. The molecule has 0 aliphatic carbocycles. The number of carbonyl (C=O) groups is 12. The van der Waals surface area contributed by atoms with Gasteiger partial charge >= 0.3 is 0 Å². The predicted octanol–water partition coefficient (Wildman–Crippen LogP) is -4.39. The molecule has 4 aromatic carbocycles. The summed E-state index contributed by atoms with van der Waals surface area (Å²) in [7, 11) is 0. The van der Waals surface area contributed by atoms with Gasteiger partial charge in [-0.15, -0.1) is 0 Å². The summed E-state index contributed by atoms with van der Waals surface area (Å²) < 4.78 is 25.4. The molecule has 0 saturated carbocycles. The lowest BCUT2D eigenvalue weighted by Crippen LogP contribution is -2.46. The van der Waals surface area contributed by atoms with Gasteiger partial charge in [-0.3, -0.25) is 57.5 Å². The van der Waals surface area contributed by atoms with Crippen molar-refractivity contribution >= 4 is 365 Å². The minimum Gasteiger partial charge on any atom is -0.394 e. The number of amides is 12. The fraction of sp³-hybridized carbons (Fsp3) is 0.556. The van der Waals surface area contributed by atoms with Gasteiger partial charge < -0.3 is 183 Å². The third-order valence-corrected chi connectivity index (χ3v) is 32.4. The van der Waals surface area contributed by atoms with Gasteiger partial charge in [0.2, 0.25) is 23.6 Å². The molecule has 0 spiro atoms. The Kier molecular flexibility index (Phi) is 60.7. The van der Waals surface area contributed by atoms with Crippen LogP contribution in [-0.2, 0) is 38.1 Å². The van der Waals surface area contributed by atoms with Crippen molar-refractivity contribution in [2.75, 3.05) is 204 Å². The molecule has 0 heterocycles. The Bertz CT molecular complexity index is 4220. The number of hydrogen-bond donors (Lipinski definition) is 28. The van der Waals surface area contributed by atoms with Gasteiger partial charge in [-0.25, -0.2) is 0 Å². The number of rotatable bonds is 60. The Hall–Kier alpha value is -1.68. The van der Waals surface area contributed by atoms with Gasteiger partial charge in [-0.1, -0.05) is 0 Å². The zero-order valence-electron chi connectivity index (χ0n) is 75.0. The van der Waals surface area contributed by atoms with Gasteiger partial charge in [0, 0.05) is 94.3 Å². The Labute approximate surface area is 970 Å². The first-order chi connectivity index (χ1) is 66.2. The van der Waals surface area contributed by atoms with Crippen LogP contribution in [0.2, 0.25) is 0 Å². The van der Waals surface area contributed by atoms with E-state index >= 15 is 0 Å². The maximum Gasteiger partial charge on any atom is 0.253 e. The minimum atomic E-state index is -2.01. The van der Waals surface area contributed by atoms with Crippen LogP contribution in [0.5, 0.6) is 0 Å². The van der Waals surface area contributed by atoms with Crippen molar-refractivity contribution in [2.45, 2.75) is 101 Å². The molecule has 4 aromatic rings. The zero-order valence-corrected chi connectivity index (χ0v) is 101. The number of aliphatic hydroxyl groups is 20. The average molecular weight is 3350 g/mol. The van der Waals surface area contributed by atoms with E-state index in [4.69, 9.17) is 18.9 Å². The van der Waals surface area contributed by atoms with Crippen molar-refractivity contribution in [1.29, 1.82) is 0 Å². The van der Waals surface area contributed by atoms with E-state index in [9.17, 15) is 160 Å². The van der Waals surface area contributed by atoms with Crippen LogP contribution >= 0.6 is 271 Å². The zero-order chi connectivity index (χ0) is 107. The van der Waals surface area contributed by atoms with Crippen LogP contribution in [-0.4, -0.2) is 431 Å². The Morgan fingerprint density at radius 1 is 0.227 bits per heavy atom. The standard InChI is InChI=1S/C81H108I12N12O36/c1-33(114)102(69-61(86)49(73(130)94-5-37(118)17-106)57(82)50(62(69)87)74(131)95-6-38(119)18-107)13-45(126)25-138-29-81(30-139-26-46(127)14-103(34(2)115)70-63(88)51(75(132)96-7-39(120)19-108)58(83)52(64(70)89)76(133)97-8-40(121)20-109,31-140-27-47(128)15-104(35(3)116)71-65(90)53(77(134)98-9-41(122)21-110)59(84)54(66(71)91)78(135)99-10-42(123)22-111)32-141-28-48(129)16-105(36(4)117)72-67(92)55(79(136)100-11-43(124)23-112)60(85)56(68(72)93)80(137)101-12-44(125)24-113/h37-48,106-113,118-129H,5-32H2,1-4H3,(H,94,130)(H,95,131)(H,96,132)(H,97,133)(H,98,134)(H,99,135)(H,100,136)(H,101,137). The van der Waals surface area contributed by atoms with E-state index in [0.29, 0.717) is 0 Å². The first-order valence-corrected chi connectivity index (χ1v) is 54.7. The molecule has 0 aliphatic rings. The molecule has 0 bridgehead atoms. The van der Waals surface area contributed by atoms with Crippen molar-refractivity contribution in [3.63, 3.8) is 0 Å². The molecule has 141 heavy (non-hydrogen) atoms. The molecule has 0 aromatic heterocycles. The first kappa shape index (κ1) is 132. The molecule has 0 aliphatic heterocycles. The van der Waals surface area contributed by atoms with E-state index in [2.05, 4.69) is 42.5 Å². The van der Waals surface area contributed by atoms with Gasteiger partial charge in [0.15, 0.2) is 0 Å². The van der Waals surface area contributed by atoms with Gasteiger partial charge in [0.25, 0.3) is 47.3 Å². The number of nitrogens with one attached hydrogen (secondary N) is 8. The number of halogens is 12. The van der Waals surface area contributed by atoms with Crippen molar-refractivity contribution < 1.29 is 179 Å². The van der Waals surface area contributed by atoms with Crippen molar-refractivity contribution in [2.24, 2.45) is 5.41 Å². The van der Waals surface area contributed by atoms with Crippen LogP contribution in [0, 0.1) is 48.3 Å². The van der Waals surface area contributed by atoms with Crippen molar-refractivity contribution in [3.05, 3.63) is 87.3 Å². The number of anilines is 4. The highest BCUT2D eigenvalue weighted by molar-refractivity contribution is 14.1. The largest absolute Gasteiger partial charge is 0.394 e. The van der Waals surface area contributed by atoms with E-state index in [1.165, 1.54) is 0 Å². The maximum atomic E-state index is 14.2. The van der Waals surface area contributed by atoms with E-state index in [0.717, 1.165) is 47.3 Å². The smallest absolute Gasteiger partial charge is 0.253 e. The molecule has 0 radical (unpaired) electrons. The third kappa shape index (κ3) is 38.5. The third-order valence-electron chi connectivity index (χ3n) is 19.7. The fourth-order valence-electron chi connectivity index (χ4n) is 12.5. The summed E-state index contributed by atoms with van der Waals surface area (Å²) in [5.41, 5.74) is -4.66. The summed E-state index contributed by atoms with van der Waals surface area (Å²) in [6.07, 6.45) is -19.2. The molecule has 0 saturated heterocycles. The summed E-state index contributed by atoms with van der Waals surface area (Å²) in [6.45, 7) is -15.8. The van der Waals surface area contributed by atoms with Crippen LogP contribution in [0.4, 0.5) is 22.7 Å². The summed E-state index contributed by atoms with van der Waals surface area (Å²) in [5, 5.41) is 228. The quantitative estimate of drug-likeness (QED) is 0.0186. The Balaban J connectivity index is 2.13. The Morgan fingerprint density at radius 3 is 0.454 bits per heavy atom. The first-order valence-electron chi connectivity index (χ1n) is 41.7. The highest BCUT2D eigenvalue weighted by atomic mass is 127. The predicted molar refractivity (Wildman–Crippen MR) is 604 cm³/mol. The van der Waals surface area contributed by atoms with Crippen LogP contribution in [0.15, 0.2) is 0 Å². The molecular weight excluding hydrogens is 3240 g/mol. The molecular formula is C81H108I12N12O36. The summed E-state index contributed by atoms with van der Waals surface area (Å²) in [5.74, 6) is -10.8. The van der Waals surface area contributed by atoms with Crippen LogP contribution in [0.3, 0.4) is 0 Å². The van der Waals surface area contributed by atoms with Gasteiger partial charge in [0.1, 0.15) is 0 Å².